The van der Waals surface area contributed by atoms with Gasteiger partial charge in [0, 0.05) is 31.8 Å². The Kier molecular flexibility index (Phi) is 5.31. The van der Waals surface area contributed by atoms with Crippen LogP contribution in [0.3, 0.4) is 0 Å². The molecule has 0 aromatic carbocycles. The van der Waals surface area contributed by atoms with Gasteiger partial charge in [0.2, 0.25) is 5.91 Å². The molecule has 1 N–H and O–H groups in total. The minimum absolute atomic E-state index is 0.0588. The molecular weight excluding hydrogens is 304 g/mol. The van der Waals surface area contributed by atoms with Crippen LogP contribution in [-0.4, -0.2) is 42.7 Å². The summed E-state index contributed by atoms with van der Waals surface area (Å²) in [7, 11) is 0. The number of pyridine rings is 1. The van der Waals surface area contributed by atoms with Crippen LogP contribution < -0.4 is 10.2 Å². The van der Waals surface area contributed by atoms with E-state index < -0.39 is 0 Å². The topological polar surface area (TPSA) is 78.3 Å². The number of carbonyl (C=O) groups excluding carboxylic acids is 1. The zero-order chi connectivity index (χ0) is 16.9. The Morgan fingerprint density at radius 1 is 1.42 bits per heavy atom. The molecule has 2 fully saturated rings. The highest BCUT2D eigenvalue weighted by molar-refractivity contribution is 5.79. The first-order chi connectivity index (χ1) is 11.7. The highest BCUT2D eigenvalue weighted by Crippen LogP contribution is 2.23. The lowest BCUT2D eigenvalue weighted by molar-refractivity contribution is -0.127. The summed E-state index contributed by atoms with van der Waals surface area (Å²) in [4.78, 5) is 19.0. The molecule has 3 heterocycles. The summed E-state index contributed by atoms with van der Waals surface area (Å²) in [6.45, 7) is 4.46. The molecule has 24 heavy (non-hydrogen) atoms. The monoisotopic (exact) mass is 328 g/mol. The Labute approximate surface area is 142 Å². The molecule has 0 radical (unpaired) electrons. The van der Waals surface area contributed by atoms with Gasteiger partial charge in [0.05, 0.1) is 17.7 Å². The number of ether oxygens (including phenoxy) is 1. The number of nitriles is 1. The van der Waals surface area contributed by atoms with Crippen molar-refractivity contribution in [2.75, 3.05) is 24.6 Å². The molecule has 0 unspecified atom stereocenters. The Hall–Kier alpha value is -2.13. The lowest BCUT2D eigenvalue weighted by atomic mass is 9.95. The second kappa shape index (κ2) is 7.63. The molecule has 1 amide bonds. The van der Waals surface area contributed by atoms with Crippen LogP contribution in [0.4, 0.5) is 5.82 Å². The quantitative estimate of drug-likeness (QED) is 0.912. The van der Waals surface area contributed by atoms with Crippen LogP contribution in [-0.2, 0) is 9.53 Å². The van der Waals surface area contributed by atoms with Gasteiger partial charge in [0.15, 0.2) is 0 Å². The van der Waals surface area contributed by atoms with Crippen molar-refractivity contribution in [3.05, 3.63) is 23.9 Å². The molecule has 6 nitrogen and oxygen atoms in total. The molecular formula is C18H24N4O2. The average Bonchev–Trinajstić information content (AvgIpc) is 3.17. The van der Waals surface area contributed by atoms with Crippen LogP contribution in [0.15, 0.2) is 18.3 Å². The zero-order valence-electron chi connectivity index (χ0n) is 14.1. The lowest BCUT2D eigenvalue weighted by Crippen LogP contribution is -2.46. The first kappa shape index (κ1) is 16.7. The fourth-order valence-electron chi connectivity index (χ4n) is 3.44. The van der Waals surface area contributed by atoms with Gasteiger partial charge in [0.25, 0.3) is 0 Å². The van der Waals surface area contributed by atoms with Crippen molar-refractivity contribution in [1.82, 2.24) is 10.3 Å². The maximum atomic E-state index is 12.5. The van der Waals surface area contributed by atoms with Crippen molar-refractivity contribution < 1.29 is 9.53 Å². The van der Waals surface area contributed by atoms with E-state index in [1.165, 1.54) is 0 Å². The molecule has 0 aliphatic carbocycles. The van der Waals surface area contributed by atoms with Gasteiger partial charge in [-0.1, -0.05) is 0 Å². The highest BCUT2D eigenvalue weighted by atomic mass is 16.5. The van der Waals surface area contributed by atoms with Gasteiger partial charge in [-0.15, -0.1) is 0 Å². The fraction of sp³-hybridized carbons (Fsp3) is 0.611. The predicted octanol–water partition coefficient (Wildman–Crippen LogP) is 1.85. The standard InChI is InChI=1S/C18H24N4O2/c1-13(16-3-2-10-24-16)21-18(23)15-6-8-22(9-7-15)17-5-4-14(11-19)12-20-17/h4-5,12-13,15-16H,2-3,6-10H2,1H3,(H,21,23)/t13-,16+/m0/s1. The number of aromatic nitrogens is 1. The third kappa shape index (κ3) is 3.85. The van der Waals surface area contributed by atoms with Crippen molar-refractivity contribution in [3.8, 4) is 6.07 Å². The predicted molar refractivity (Wildman–Crippen MR) is 90.5 cm³/mol. The van der Waals surface area contributed by atoms with Crippen LogP contribution in [0, 0.1) is 17.2 Å². The molecule has 0 saturated carbocycles. The Balaban J connectivity index is 1.48. The van der Waals surface area contributed by atoms with Crippen molar-refractivity contribution in [3.63, 3.8) is 0 Å². The van der Waals surface area contributed by atoms with Crippen molar-refractivity contribution in [2.45, 2.75) is 44.8 Å². The lowest BCUT2D eigenvalue weighted by Gasteiger charge is -2.33. The number of nitrogens with one attached hydrogen (secondary N) is 1. The molecule has 2 aliphatic rings. The maximum Gasteiger partial charge on any atom is 0.223 e. The third-order valence-corrected chi connectivity index (χ3v) is 4.96. The van der Waals surface area contributed by atoms with Gasteiger partial charge < -0.3 is 15.0 Å². The van der Waals surface area contributed by atoms with Crippen LogP contribution in [0.25, 0.3) is 0 Å². The van der Waals surface area contributed by atoms with E-state index in [0.29, 0.717) is 5.56 Å². The maximum absolute atomic E-state index is 12.5. The van der Waals surface area contributed by atoms with Gasteiger partial charge >= 0.3 is 0 Å². The third-order valence-electron chi connectivity index (χ3n) is 4.96. The van der Waals surface area contributed by atoms with E-state index in [4.69, 9.17) is 10.00 Å². The van der Waals surface area contributed by atoms with E-state index in [1.807, 2.05) is 13.0 Å². The minimum Gasteiger partial charge on any atom is -0.376 e. The summed E-state index contributed by atoms with van der Waals surface area (Å²) in [5, 5.41) is 12.0. The smallest absolute Gasteiger partial charge is 0.223 e. The van der Waals surface area contributed by atoms with Crippen molar-refractivity contribution in [2.24, 2.45) is 5.92 Å². The minimum atomic E-state index is 0.0588. The number of rotatable bonds is 4. The summed E-state index contributed by atoms with van der Waals surface area (Å²) in [6, 6.07) is 5.81. The van der Waals surface area contributed by atoms with E-state index >= 15 is 0 Å². The van der Waals surface area contributed by atoms with E-state index in [0.717, 1.165) is 51.2 Å². The number of hydrogen-bond acceptors (Lipinski definition) is 5. The van der Waals surface area contributed by atoms with Crippen molar-refractivity contribution >= 4 is 11.7 Å². The normalized spacial score (nSPS) is 22.8. The zero-order valence-corrected chi connectivity index (χ0v) is 14.1. The molecule has 0 spiro atoms. The number of piperidine rings is 1. The highest BCUT2D eigenvalue weighted by Gasteiger charge is 2.29. The summed E-state index contributed by atoms with van der Waals surface area (Å²) >= 11 is 0. The SMILES string of the molecule is C[C@H](NC(=O)C1CCN(c2ccc(C#N)cn2)CC1)[C@H]1CCCO1. The van der Waals surface area contributed by atoms with Gasteiger partial charge in [-0.05, 0) is 44.7 Å². The summed E-state index contributed by atoms with van der Waals surface area (Å²) in [5.41, 5.74) is 0.566. The first-order valence-corrected chi connectivity index (χ1v) is 8.70. The van der Waals surface area contributed by atoms with Crippen LogP contribution in [0.5, 0.6) is 0 Å². The largest absolute Gasteiger partial charge is 0.376 e. The number of hydrogen-bond donors (Lipinski definition) is 1. The van der Waals surface area contributed by atoms with Gasteiger partial charge in [-0.3, -0.25) is 4.79 Å². The van der Waals surface area contributed by atoms with Gasteiger partial charge in [0.1, 0.15) is 11.9 Å². The molecule has 2 saturated heterocycles. The van der Waals surface area contributed by atoms with Crippen molar-refractivity contribution in [1.29, 1.82) is 5.26 Å². The molecule has 3 rings (SSSR count). The van der Waals surface area contributed by atoms with E-state index in [9.17, 15) is 4.79 Å². The Morgan fingerprint density at radius 3 is 2.79 bits per heavy atom. The average molecular weight is 328 g/mol. The number of carbonyl (C=O) groups is 1. The Bertz CT molecular complexity index is 596. The van der Waals surface area contributed by atoms with E-state index in [-0.39, 0.29) is 24.0 Å². The molecule has 1 aromatic rings. The first-order valence-electron chi connectivity index (χ1n) is 8.70. The fourth-order valence-corrected chi connectivity index (χ4v) is 3.44. The second-order valence-corrected chi connectivity index (χ2v) is 6.63. The number of nitrogens with zero attached hydrogens (tertiary/aromatic N) is 3. The van der Waals surface area contributed by atoms with Crippen LogP contribution >= 0.6 is 0 Å². The summed E-state index contributed by atoms with van der Waals surface area (Å²) in [5.74, 6) is 1.08. The molecule has 1 aromatic heterocycles. The molecule has 0 bridgehead atoms. The molecule has 2 aliphatic heterocycles. The van der Waals surface area contributed by atoms with Crippen LogP contribution in [0.2, 0.25) is 0 Å². The molecule has 2 atom stereocenters. The molecule has 128 valence electrons. The second-order valence-electron chi connectivity index (χ2n) is 6.63. The van der Waals surface area contributed by atoms with Crippen LogP contribution in [0.1, 0.15) is 38.2 Å². The van der Waals surface area contributed by atoms with Gasteiger partial charge in [-0.25, -0.2) is 4.98 Å². The number of amides is 1. The Morgan fingerprint density at radius 2 is 2.21 bits per heavy atom. The van der Waals surface area contributed by atoms with Gasteiger partial charge in [-0.2, -0.15) is 5.26 Å². The number of anilines is 1. The molecule has 6 heteroatoms. The van der Waals surface area contributed by atoms with E-state index in [1.54, 1.807) is 12.3 Å². The summed E-state index contributed by atoms with van der Waals surface area (Å²) in [6.07, 6.45) is 5.52. The summed E-state index contributed by atoms with van der Waals surface area (Å²) < 4.78 is 5.64. The van der Waals surface area contributed by atoms with E-state index in [2.05, 4.69) is 21.3 Å².